The highest BCUT2D eigenvalue weighted by Gasteiger charge is 2.39. The van der Waals surface area contributed by atoms with Crippen molar-refractivity contribution in [2.45, 2.75) is 56.7 Å². The van der Waals surface area contributed by atoms with Gasteiger partial charge in [-0.1, -0.05) is 26.1 Å². The highest BCUT2D eigenvalue weighted by atomic mass is 32.2. The lowest BCUT2D eigenvalue weighted by Crippen LogP contribution is -2.52. The molecule has 110 valence electrons. The summed E-state index contributed by atoms with van der Waals surface area (Å²) < 4.78 is 0.0689. The molecular weight excluding hydrogens is 272 g/mol. The molecule has 2 N–H and O–H groups in total. The van der Waals surface area contributed by atoms with Gasteiger partial charge < -0.3 is 10.6 Å². The highest BCUT2D eigenvalue weighted by Crippen LogP contribution is 2.38. The first-order valence-electron chi connectivity index (χ1n) is 7.57. The van der Waals surface area contributed by atoms with E-state index in [2.05, 4.69) is 25.0 Å². The van der Waals surface area contributed by atoms with Crippen molar-refractivity contribution < 1.29 is 0 Å². The maximum atomic E-state index is 5.97. The first kappa shape index (κ1) is 15.6. The van der Waals surface area contributed by atoms with Crippen molar-refractivity contribution in [2.75, 3.05) is 19.3 Å². The van der Waals surface area contributed by atoms with E-state index >= 15 is 0 Å². The summed E-state index contributed by atoms with van der Waals surface area (Å²) in [5.74, 6) is 1.78. The molecule has 1 heterocycles. The summed E-state index contributed by atoms with van der Waals surface area (Å²) in [5, 5.41) is 0. The van der Waals surface area contributed by atoms with Crippen molar-refractivity contribution in [2.24, 2.45) is 17.6 Å². The normalized spacial score (nSPS) is 36.1. The molecule has 0 aromatic rings. The highest BCUT2D eigenvalue weighted by molar-refractivity contribution is 8.02. The molecular formula is C15H28N2S2. The van der Waals surface area contributed by atoms with Crippen molar-refractivity contribution in [3.05, 3.63) is 0 Å². The second-order valence-electron chi connectivity index (χ2n) is 6.52. The Labute approximate surface area is 127 Å². The van der Waals surface area contributed by atoms with Crippen LogP contribution in [0.15, 0.2) is 0 Å². The lowest BCUT2D eigenvalue weighted by molar-refractivity contribution is 0.0890. The number of thioether (sulfide) groups is 1. The van der Waals surface area contributed by atoms with Gasteiger partial charge in [0.25, 0.3) is 0 Å². The standard InChI is InChI=1S/C15H28N2S2/c1-11-4-5-13(10-12(11)2)17-8-6-15(19-3,7-9-17)14(16)18/h11-13H,4-10H2,1-3H3,(H2,16,18). The second-order valence-corrected chi connectivity index (χ2v) is 8.15. The molecule has 2 nitrogen and oxygen atoms in total. The van der Waals surface area contributed by atoms with E-state index in [0.717, 1.165) is 30.7 Å². The molecule has 0 radical (unpaired) electrons. The number of thiocarbonyl (C=S) groups is 1. The van der Waals surface area contributed by atoms with E-state index in [-0.39, 0.29) is 4.75 Å². The summed E-state index contributed by atoms with van der Waals surface area (Å²) in [6, 6.07) is 0.803. The Hall–Kier alpha value is 0.200. The molecule has 4 heteroatoms. The Morgan fingerprint density at radius 2 is 1.84 bits per heavy atom. The van der Waals surface area contributed by atoms with E-state index < -0.39 is 0 Å². The largest absolute Gasteiger partial charge is 0.392 e. The topological polar surface area (TPSA) is 29.3 Å². The second kappa shape index (κ2) is 6.31. The van der Waals surface area contributed by atoms with Crippen molar-refractivity contribution in [1.82, 2.24) is 4.90 Å². The number of likely N-dealkylation sites (tertiary alicyclic amines) is 1. The molecule has 2 rings (SSSR count). The molecule has 0 aromatic heterocycles. The summed E-state index contributed by atoms with van der Waals surface area (Å²) in [5.41, 5.74) is 5.97. The van der Waals surface area contributed by atoms with Crippen molar-refractivity contribution in [3.8, 4) is 0 Å². The fourth-order valence-electron chi connectivity index (χ4n) is 3.65. The Morgan fingerprint density at radius 1 is 1.21 bits per heavy atom. The van der Waals surface area contributed by atoms with Crippen LogP contribution in [0.1, 0.15) is 46.0 Å². The summed E-state index contributed by atoms with van der Waals surface area (Å²) >= 11 is 7.15. The van der Waals surface area contributed by atoms with E-state index in [9.17, 15) is 0 Å². The number of hydrogen-bond donors (Lipinski definition) is 1. The van der Waals surface area contributed by atoms with Gasteiger partial charge in [0.1, 0.15) is 0 Å². The van der Waals surface area contributed by atoms with Crippen molar-refractivity contribution in [3.63, 3.8) is 0 Å². The molecule has 2 aliphatic rings. The fourth-order valence-corrected chi connectivity index (χ4v) is 4.90. The van der Waals surface area contributed by atoms with Crippen LogP contribution in [0, 0.1) is 11.8 Å². The number of piperidine rings is 1. The van der Waals surface area contributed by atoms with Gasteiger partial charge in [-0.05, 0) is 50.2 Å². The molecule has 1 saturated heterocycles. The third-order valence-electron chi connectivity index (χ3n) is 5.53. The summed E-state index contributed by atoms with van der Waals surface area (Å²) in [4.78, 5) is 3.42. The first-order chi connectivity index (χ1) is 8.98. The average Bonchev–Trinajstić information content (AvgIpc) is 2.42. The van der Waals surface area contributed by atoms with Crippen LogP contribution in [0.5, 0.6) is 0 Å². The molecule has 3 atom stereocenters. The van der Waals surface area contributed by atoms with Gasteiger partial charge in [0, 0.05) is 19.1 Å². The Bertz CT molecular complexity index is 324. The summed E-state index contributed by atoms with van der Waals surface area (Å²) in [6.45, 7) is 7.17. The molecule has 1 saturated carbocycles. The third-order valence-corrected chi connectivity index (χ3v) is 7.46. The first-order valence-corrected chi connectivity index (χ1v) is 9.21. The van der Waals surface area contributed by atoms with Gasteiger partial charge in [0.2, 0.25) is 0 Å². The number of nitrogens with zero attached hydrogens (tertiary/aromatic N) is 1. The molecule has 0 bridgehead atoms. The van der Waals surface area contributed by atoms with E-state index in [1.165, 1.54) is 32.4 Å². The summed E-state index contributed by atoms with van der Waals surface area (Å²) in [7, 11) is 0. The van der Waals surface area contributed by atoms with E-state index in [1.54, 1.807) is 0 Å². The van der Waals surface area contributed by atoms with Crippen LogP contribution in [0.3, 0.4) is 0 Å². The minimum atomic E-state index is 0.0689. The third kappa shape index (κ3) is 3.27. The lowest BCUT2D eigenvalue weighted by Gasteiger charge is -2.45. The molecule has 0 aromatic carbocycles. The minimum absolute atomic E-state index is 0.0689. The number of rotatable bonds is 3. The van der Waals surface area contributed by atoms with Crippen LogP contribution < -0.4 is 5.73 Å². The molecule has 0 spiro atoms. The number of hydrogen-bond acceptors (Lipinski definition) is 3. The van der Waals surface area contributed by atoms with Crippen molar-refractivity contribution >= 4 is 29.0 Å². The fraction of sp³-hybridized carbons (Fsp3) is 0.933. The lowest BCUT2D eigenvalue weighted by atomic mass is 9.78. The van der Waals surface area contributed by atoms with Crippen molar-refractivity contribution in [1.29, 1.82) is 0 Å². The Morgan fingerprint density at radius 3 is 2.32 bits per heavy atom. The van der Waals surface area contributed by atoms with Gasteiger partial charge in [-0.25, -0.2) is 0 Å². The minimum Gasteiger partial charge on any atom is -0.392 e. The molecule has 2 fully saturated rings. The quantitative estimate of drug-likeness (QED) is 0.810. The van der Waals surface area contributed by atoms with Crippen LogP contribution in [-0.2, 0) is 0 Å². The molecule has 1 aliphatic carbocycles. The molecule has 1 aliphatic heterocycles. The monoisotopic (exact) mass is 300 g/mol. The Balaban J connectivity index is 1.91. The zero-order valence-corrected chi connectivity index (χ0v) is 14.2. The molecule has 19 heavy (non-hydrogen) atoms. The predicted molar refractivity (Wildman–Crippen MR) is 89.8 cm³/mol. The maximum Gasteiger partial charge on any atom is 0.0891 e. The zero-order valence-electron chi connectivity index (χ0n) is 12.5. The van der Waals surface area contributed by atoms with Crippen LogP contribution in [-0.4, -0.2) is 40.0 Å². The summed E-state index contributed by atoms with van der Waals surface area (Å²) in [6.07, 6.45) is 8.56. The van der Waals surface area contributed by atoms with Gasteiger partial charge in [-0.2, -0.15) is 11.8 Å². The van der Waals surface area contributed by atoms with Gasteiger partial charge in [-0.3, -0.25) is 0 Å². The van der Waals surface area contributed by atoms with Crippen LogP contribution in [0.25, 0.3) is 0 Å². The Kier molecular flexibility index (Phi) is 5.18. The smallest absolute Gasteiger partial charge is 0.0891 e. The zero-order chi connectivity index (χ0) is 14.0. The van der Waals surface area contributed by atoms with Crippen LogP contribution in [0.2, 0.25) is 0 Å². The van der Waals surface area contributed by atoms with E-state index in [1.807, 2.05) is 11.8 Å². The van der Waals surface area contributed by atoms with Gasteiger partial charge in [0.05, 0.1) is 9.74 Å². The predicted octanol–water partition coefficient (Wildman–Crippen LogP) is 3.29. The van der Waals surface area contributed by atoms with Gasteiger partial charge in [-0.15, -0.1) is 0 Å². The SMILES string of the molecule is CSC1(C(N)=S)CCN(C2CCC(C)C(C)C2)CC1. The van der Waals surface area contributed by atoms with Crippen LogP contribution in [0.4, 0.5) is 0 Å². The van der Waals surface area contributed by atoms with E-state index in [0.29, 0.717) is 4.99 Å². The molecule has 3 unspecified atom stereocenters. The average molecular weight is 301 g/mol. The maximum absolute atomic E-state index is 5.97. The van der Waals surface area contributed by atoms with E-state index in [4.69, 9.17) is 18.0 Å². The van der Waals surface area contributed by atoms with Gasteiger partial charge >= 0.3 is 0 Å². The van der Waals surface area contributed by atoms with Gasteiger partial charge in [0.15, 0.2) is 0 Å². The molecule has 0 amide bonds. The number of nitrogens with two attached hydrogens (primary N) is 1. The van der Waals surface area contributed by atoms with Crippen LogP contribution >= 0.6 is 24.0 Å².